The average Bonchev–Trinajstić information content (AvgIpc) is 2.53. The van der Waals surface area contributed by atoms with Gasteiger partial charge in [0.1, 0.15) is 0 Å². The highest BCUT2D eigenvalue weighted by Crippen LogP contribution is 2.34. The smallest absolute Gasteiger partial charge is 0.0845 e. The predicted molar refractivity (Wildman–Crippen MR) is 81.7 cm³/mol. The number of nitrogens with one attached hydrogen (secondary N) is 1. The van der Waals surface area contributed by atoms with Crippen LogP contribution >= 0.6 is 0 Å². The number of rotatable bonds is 4. The summed E-state index contributed by atoms with van der Waals surface area (Å²) in [6, 6.07) is 19.6. The van der Waals surface area contributed by atoms with E-state index in [1.807, 2.05) is 7.05 Å². The van der Waals surface area contributed by atoms with E-state index in [-0.39, 0.29) is 6.10 Å². The third-order valence-corrected chi connectivity index (χ3v) is 4.09. The lowest BCUT2D eigenvalue weighted by Crippen LogP contribution is -2.23. The number of hydrogen-bond acceptors (Lipinski definition) is 2. The van der Waals surface area contributed by atoms with Gasteiger partial charge in [-0.15, -0.1) is 0 Å². The molecule has 2 nitrogen and oxygen atoms in total. The van der Waals surface area contributed by atoms with Gasteiger partial charge in [0.05, 0.1) is 12.7 Å². The van der Waals surface area contributed by atoms with E-state index in [9.17, 15) is 0 Å². The molecule has 0 amide bonds. The molecule has 0 fully saturated rings. The molecule has 2 unspecified atom stereocenters. The van der Waals surface area contributed by atoms with E-state index in [1.165, 1.54) is 16.7 Å². The van der Waals surface area contributed by atoms with Crippen molar-refractivity contribution in [2.45, 2.75) is 25.0 Å². The van der Waals surface area contributed by atoms with E-state index in [0.29, 0.717) is 6.04 Å². The van der Waals surface area contributed by atoms with Crippen molar-refractivity contribution in [3.8, 4) is 0 Å². The summed E-state index contributed by atoms with van der Waals surface area (Å²) in [4.78, 5) is 0. The van der Waals surface area contributed by atoms with Crippen LogP contribution < -0.4 is 5.32 Å². The van der Waals surface area contributed by atoms with Crippen LogP contribution in [0, 0.1) is 0 Å². The van der Waals surface area contributed by atoms with Gasteiger partial charge in [-0.2, -0.15) is 0 Å². The maximum atomic E-state index is 6.02. The molecule has 0 radical (unpaired) electrons. The van der Waals surface area contributed by atoms with Crippen molar-refractivity contribution in [2.75, 3.05) is 13.7 Å². The largest absolute Gasteiger partial charge is 0.373 e. The molecule has 0 saturated carbocycles. The van der Waals surface area contributed by atoms with Crippen molar-refractivity contribution in [2.24, 2.45) is 0 Å². The van der Waals surface area contributed by atoms with Crippen LogP contribution in [0.5, 0.6) is 0 Å². The number of hydrogen-bond donors (Lipinski definition) is 1. The Kier molecular flexibility index (Phi) is 4.14. The van der Waals surface area contributed by atoms with E-state index in [4.69, 9.17) is 4.74 Å². The minimum atomic E-state index is 0.192. The molecule has 2 aromatic carbocycles. The summed E-state index contributed by atoms with van der Waals surface area (Å²) in [5.41, 5.74) is 4.11. The molecule has 1 heterocycles. The molecule has 1 aliphatic heterocycles. The number of fused-ring (bicyclic) bond motifs is 1. The third-order valence-electron chi connectivity index (χ3n) is 4.09. The van der Waals surface area contributed by atoms with E-state index in [0.717, 1.165) is 19.4 Å². The highest BCUT2D eigenvalue weighted by atomic mass is 16.5. The Hall–Kier alpha value is -1.64. The van der Waals surface area contributed by atoms with Crippen molar-refractivity contribution in [3.05, 3.63) is 71.3 Å². The van der Waals surface area contributed by atoms with Gasteiger partial charge in [-0.1, -0.05) is 54.6 Å². The minimum Gasteiger partial charge on any atom is -0.373 e. The van der Waals surface area contributed by atoms with Crippen LogP contribution in [-0.4, -0.2) is 13.7 Å². The summed E-state index contributed by atoms with van der Waals surface area (Å²) in [5.74, 6) is 0. The highest BCUT2D eigenvalue weighted by Gasteiger charge is 2.24. The zero-order chi connectivity index (χ0) is 13.8. The van der Waals surface area contributed by atoms with Crippen molar-refractivity contribution in [1.29, 1.82) is 0 Å². The molecular weight excluding hydrogens is 246 g/mol. The molecule has 1 N–H and O–H groups in total. The fraction of sp³-hybridized carbons (Fsp3) is 0.333. The fourth-order valence-electron chi connectivity index (χ4n) is 2.99. The standard InChI is InChI=1S/C18H21NO/c1-19-17(15-8-3-2-4-9-15)13-18-16-10-6-5-7-14(16)11-12-20-18/h2-10,17-19H,11-13H2,1H3. The molecule has 2 aromatic rings. The second-order valence-corrected chi connectivity index (χ2v) is 5.30. The van der Waals surface area contributed by atoms with Gasteiger partial charge in [-0.25, -0.2) is 0 Å². The maximum absolute atomic E-state index is 6.02. The number of ether oxygens (including phenoxy) is 1. The summed E-state index contributed by atoms with van der Waals surface area (Å²) in [7, 11) is 2.02. The lowest BCUT2D eigenvalue weighted by molar-refractivity contribution is 0.0298. The van der Waals surface area contributed by atoms with E-state index < -0.39 is 0 Å². The highest BCUT2D eigenvalue weighted by molar-refractivity contribution is 5.31. The van der Waals surface area contributed by atoms with Crippen molar-refractivity contribution in [3.63, 3.8) is 0 Å². The summed E-state index contributed by atoms with van der Waals surface area (Å²) in [6.45, 7) is 0.826. The van der Waals surface area contributed by atoms with E-state index in [1.54, 1.807) is 0 Å². The van der Waals surface area contributed by atoms with Crippen molar-refractivity contribution < 1.29 is 4.74 Å². The van der Waals surface area contributed by atoms with E-state index in [2.05, 4.69) is 59.9 Å². The molecule has 104 valence electrons. The summed E-state index contributed by atoms with van der Waals surface area (Å²) < 4.78 is 6.02. The van der Waals surface area contributed by atoms with Crippen LogP contribution in [0.2, 0.25) is 0 Å². The quantitative estimate of drug-likeness (QED) is 0.913. The van der Waals surface area contributed by atoms with Gasteiger partial charge in [0, 0.05) is 6.04 Å². The lowest BCUT2D eigenvalue weighted by Gasteiger charge is -2.29. The number of benzene rings is 2. The van der Waals surface area contributed by atoms with Crippen LogP contribution in [0.1, 0.15) is 35.3 Å². The molecular formula is C18H21NO. The first-order valence-corrected chi connectivity index (χ1v) is 7.30. The minimum absolute atomic E-state index is 0.192. The zero-order valence-electron chi connectivity index (χ0n) is 11.9. The van der Waals surface area contributed by atoms with Gasteiger partial charge >= 0.3 is 0 Å². The van der Waals surface area contributed by atoms with Crippen LogP contribution in [-0.2, 0) is 11.2 Å². The molecule has 20 heavy (non-hydrogen) atoms. The Morgan fingerprint density at radius 2 is 1.85 bits per heavy atom. The molecule has 2 heteroatoms. The molecule has 0 bridgehead atoms. The fourth-order valence-corrected chi connectivity index (χ4v) is 2.99. The summed E-state index contributed by atoms with van der Waals surface area (Å²) in [6.07, 6.45) is 2.19. The molecule has 2 atom stereocenters. The molecule has 0 spiro atoms. The summed E-state index contributed by atoms with van der Waals surface area (Å²) >= 11 is 0. The van der Waals surface area contributed by atoms with Crippen LogP contribution in [0.3, 0.4) is 0 Å². The van der Waals surface area contributed by atoms with Gasteiger partial charge in [0.15, 0.2) is 0 Å². The Balaban J connectivity index is 1.81. The first-order chi connectivity index (χ1) is 9.88. The SMILES string of the molecule is CNC(CC1OCCc2ccccc21)c1ccccc1. The Morgan fingerprint density at radius 1 is 1.10 bits per heavy atom. The van der Waals surface area contributed by atoms with Gasteiger partial charge < -0.3 is 10.1 Å². The average molecular weight is 267 g/mol. The molecule has 0 saturated heterocycles. The zero-order valence-corrected chi connectivity index (χ0v) is 11.9. The molecule has 0 aliphatic carbocycles. The first-order valence-electron chi connectivity index (χ1n) is 7.30. The van der Waals surface area contributed by atoms with Gasteiger partial charge in [0.25, 0.3) is 0 Å². The second-order valence-electron chi connectivity index (χ2n) is 5.30. The Bertz CT molecular complexity index is 552. The molecule has 3 rings (SSSR count). The van der Waals surface area contributed by atoms with Gasteiger partial charge in [-0.3, -0.25) is 0 Å². The van der Waals surface area contributed by atoms with Crippen LogP contribution in [0.15, 0.2) is 54.6 Å². The Morgan fingerprint density at radius 3 is 2.65 bits per heavy atom. The molecule has 1 aliphatic rings. The normalized spacial score (nSPS) is 19.4. The van der Waals surface area contributed by atoms with Crippen LogP contribution in [0.4, 0.5) is 0 Å². The van der Waals surface area contributed by atoms with Gasteiger partial charge in [0.2, 0.25) is 0 Å². The van der Waals surface area contributed by atoms with Gasteiger partial charge in [-0.05, 0) is 36.6 Å². The first kappa shape index (κ1) is 13.3. The predicted octanol–water partition coefficient (Wildman–Crippen LogP) is 3.65. The van der Waals surface area contributed by atoms with E-state index >= 15 is 0 Å². The lowest BCUT2D eigenvalue weighted by atomic mass is 9.91. The monoisotopic (exact) mass is 267 g/mol. The van der Waals surface area contributed by atoms with Crippen molar-refractivity contribution >= 4 is 0 Å². The maximum Gasteiger partial charge on any atom is 0.0845 e. The second kappa shape index (κ2) is 6.21. The molecule has 0 aromatic heterocycles. The topological polar surface area (TPSA) is 21.3 Å². The Labute approximate surface area is 120 Å². The van der Waals surface area contributed by atoms with Crippen LogP contribution in [0.25, 0.3) is 0 Å². The third kappa shape index (κ3) is 2.77. The van der Waals surface area contributed by atoms with Crippen molar-refractivity contribution in [1.82, 2.24) is 5.32 Å². The summed E-state index contributed by atoms with van der Waals surface area (Å²) in [5, 5.41) is 3.42.